The maximum absolute atomic E-state index is 12.1. The van der Waals surface area contributed by atoms with Crippen molar-refractivity contribution in [3.05, 3.63) is 77.1 Å². The summed E-state index contributed by atoms with van der Waals surface area (Å²) in [4.78, 5) is 12.1. The van der Waals surface area contributed by atoms with Crippen LogP contribution < -0.4 is 5.32 Å². The summed E-state index contributed by atoms with van der Waals surface area (Å²) < 4.78 is 2.17. The van der Waals surface area contributed by atoms with Crippen molar-refractivity contribution in [3.8, 4) is 0 Å². The zero-order chi connectivity index (χ0) is 20.6. The van der Waals surface area contributed by atoms with Gasteiger partial charge in [-0.25, -0.2) is 0 Å². The Bertz CT molecular complexity index is 920. The fourth-order valence-corrected chi connectivity index (χ4v) is 3.93. The van der Waals surface area contributed by atoms with E-state index in [0.29, 0.717) is 18.0 Å². The van der Waals surface area contributed by atoms with Crippen molar-refractivity contribution in [2.75, 3.05) is 6.54 Å². The third kappa shape index (κ3) is 5.94. The molecule has 152 valence electrons. The number of benzene rings is 2. The molecular weight excluding hydrogens is 380 g/mol. The van der Waals surface area contributed by atoms with Gasteiger partial charge in [0.1, 0.15) is 5.82 Å². The molecule has 1 aromatic heterocycles. The Hall–Kier alpha value is -2.60. The molecule has 1 amide bonds. The maximum Gasteiger partial charge on any atom is 0.251 e. The van der Waals surface area contributed by atoms with Crippen molar-refractivity contribution in [2.24, 2.45) is 5.92 Å². The van der Waals surface area contributed by atoms with Crippen molar-refractivity contribution >= 4 is 17.7 Å². The third-order valence-electron chi connectivity index (χ3n) is 4.57. The topological polar surface area (TPSA) is 59.8 Å². The lowest BCUT2D eigenvalue weighted by Crippen LogP contribution is -2.27. The van der Waals surface area contributed by atoms with Gasteiger partial charge in [0, 0.05) is 30.8 Å². The van der Waals surface area contributed by atoms with Crippen LogP contribution in [0.15, 0.2) is 59.8 Å². The van der Waals surface area contributed by atoms with E-state index in [1.807, 2.05) is 42.5 Å². The van der Waals surface area contributed by atoms with E-state index in [4.69, 9.17) is 0 Å². The fraction of sp³-hybridized carbons (Fsp3) is 0.348. The zero-order valence-electron chi connectivity index (χ0n) is 17.3. The Morgan fingerprint density at radius 2 is 1.76 bits per heavy atom. The molecule has 1 heterocycles. The molecule has 3 aromatic rings. The van der Waals surface area contributed by atoms with Crippen LogP contribution in [0.25, 0.3) is 0 Å². The van der Waals surface area contributed by atoms with Crippen LogP contribution >= 0.6 is 11.8 Å². The van der Waals surface area contributed by atoms with E-state index in [2.05, 4.69) is 53.0 Å². The van der Waals surface area contributed by atoms with Gasteiger partial charge in [0.25, 0.3) is 5.91 Å². The van der Waals surface area contributed by atoms with Crippen LogP contribution in [0.3, 0.4) is 0 Å². The van der Waals surface area contributed by atoms with E-state index in [1.165, 1.54) is 5.56 Å². The van der Waals surface area contributed by atoms with Gasteiger partial charge >= 0.3 is 0 Å². The van der Waals surface area contributed by atoms with Gasteiger partial charge in [-0.2, -0.15) is 0 Å². The Morgan fingerprint density at radius 3 is 2.41 bits per heavy atom. The average molecular weight is 409 g/mol. The Balaban J connectivity index is 1.60. The van der Waals surface area contributed by atoms with Crippen molar-refractivity contribution in [2.45, 2.75) is 44.6 Å². The number of aromatic nitrogens is 3. The molecule has 0 spiro atoms. The molecule has 5 nitrogen and oxygen atoms in total. The Morgan fingerprint density at radius 1 is 1.03 bits per heavy atom. The standard InChI is InChI=1S/C23H28N4OS/c1-4-27-21(14-18-8-6-5-7-9-18)25-26-23(27)29-16-19-10-12-20(13-11-19)22(28)24-15-17(2)3/h5-13,17H,4,14-16H2,1-3H3,(H,24,28). The molecule has 0 aliphatic heterocycles. The van der Waals surface area contributed by atoms with Gasteiger partial charge in [0.05, 0.1) is 0 Å². The highest BCUT2D eigenvalue weighted by molar-refractivity contribution is 7.98. The molecule has 1 N–H and O–H groups in total. The quantitative estimate of drug-likeness (QED) is 0.527. The number of carbonyl (C=O) groups excluding carboxylic acids is 1. The summed E-state index contributed by atoms with van der Waals surface area (Å²) in [5.74, 6) is 2.20. The molecule has 0 saturated carbocycles. The SMILES string of the molecule is CCn1c(Cc2ccccc2)nnc1SCc1ccc(C(=O)NCC(C)C)cc1. The van der Waals surface area contributed by atoms with Crippen LogP contribution in [0.2, 0.25) is 0 Å². The molecule has 0 unspecified atom stereocenters. The normalized spacial score (nSPS) is 11.0. The highest BCUT2D eigenvalue weighted by Crippen LogP contribution is 2.23. The van der Waals surface area contributed by atoms with Gasteiger partial charge < -0.3 is 9.88 Å². The number of thioether (sulfide) groups is 1. The Kier molecular flexibility index (Phi) is 7.47. The maximum atomic E-state index is 12.1. The summed E-state index contributed by atoms with van der Waals surface area (Å²) in [5, 5.41) is 12.7. The summed E-state index contributed by atoms with van der Waals surface area (Å²) in [6.45, 7) is 7.81. The zero-order valence-corrected chi connectivity index (χ0v) is 18.1. The number of nitrogens with one attached hydrogen (secondary N) is 1. The molecule has 29 heavy (non-hydrogen) atoms. The molecule has 0 aliphatic carbocycles. The number of hydrogen-bond acceptors (Lipinski definition) is 4. The lowest BCUT2D eigenvalue weighted by atomic mass is 10.1. The summed E-state index contributed by atoms with van der Waals surface area (Å²) >= 11 is 1.67. The van der Waals surface area contributed by atoms with Gasteiger partial charge in [-0.05, 0) is 36.1 Å². The van der Waals surface area contributed by atoms with Crippen LogP contribution in [-0.2, 0) is 18.7 Å². The van der Waals surface area contributed by atoms with E-state index >= 15 is 0 Å². The highest BCUT2D eigenvalue weighted by atomic mass is 32.2. The largest absolute Gasteiger partial charge is 0.352 e. The molecule has 0 fully saturated rings. The number of carbonyl (C=O) groups is 1. The summed E-state index contributed by atoms with van der Waals surface area (Å²) in [7, 11) is 0. The van der Waals surface area contributed by atoms with Crippen LogP contribution in [-0.4, -0.2) is 27.2 Å². The molecule has 0 aliphatic rings. The van der Waals surface area contributed by atoms with Crippen LogP contribution in [0.5, 0.6) is 0 Å². The first-order valence-corrected chi connectivity index (χ1v) is 11.0. The lowest BCUT2D eigenvalue weighted by molar-refractivity contribution is 0.0949. The number of rotatable bonds is 9. The first-order valence-electron chi connectivity index (χ1n) is 10.0. The van der Waals surface area contributed by atoms with Crippen LogP contribution in [0, 0.1) is 5.92 Å². The van der Waals surface area contributed by atoms with Gasteiger partial charge in [0.2, 0.25) is 0 Å². The minimum atomic E-state index is -0.0193. The summed E-state index contributed by atoms with van der Waals surface area (Å²) in [6.07, 6.45) is 0.780. The van der Waals surface area contributed by atoms with Crippen molar-refractivity contribution in [1.82, 2.24) is 20.1 Å². The van der Waals surface area contributed by atoms with E-state index < -0.39 is 0 Å². The van der Waals surface area contributed by atoms with Crippen LogP contribution in [0.1, 0.15) is 48.1 Å². The molecule has 6 heteroatoms. The minimum Gasteiger partial charge on any atom is -0.352 e. The summed E-state index contributed by atoms with van der Waals surface area (Å²) in [5.41, 5.74) is 3.09. The monoisotopic (exact) mass is 408 g/mol. The average Bonchev–Trinajstić information content (AvgIpc) is 3.13. The van der Waals surface area contributed by atoms with Crippen molar-refractivity contribution in [3.63, 3.8) is 0 Å². The molecule has 3 rings (SSSR count). The first-order chi connectivity index (χ1) is 14.1. The second-order valence-corrected chi connectivity index (χ2v) is 8.34. The Labute approximate surface area is 176 Å². The molecular formula is C23H28N4OS. The van der Waals surface area contributed by atoms with E-state index in [1.54, 1.807) is 11.8 Å². The minimum absolute atomic E-state index is 0.0193. The first kappa shape index (κ1) is 21.1. The smallest absolute Gasteiger partial charge is 0.251 e. The van der Waals surface area contributed by atoms with Crippen LogP contribution in [0.4, 0.5) is 0 Å². The molecule has 0 atom stereocenters. The lowest BCUT2D eigenvalue weighted by Gasteiger charge is -2.09. The second-order valence-electron chi connectivity index (χ2n) is 7.39. The van der Waals surface area contributed by atoms with Crippen molar-refractivity contribution < 1.29 is 4.79 Å². The predicted octanol–water partition coefficient (Wildman–Crippen LogP) is 4.57. The highest BCUT2D eigenvalue weighted by Gasteiger charge is 2.12. The van der Waals surface area contributed by atoms with Gasteiger partial charge in [-0.3, -0.25) is 4.79 Å². The van der Waals surface area contributed by atoms with Gasteiger partial charge in [0.15, 0.2) is 5.16 Å². The third-order valence-corrected chi connectivity index (χ3v) is 5.61. The van der Waals surface area contributed by atoms with Gasteiger partial charge in [-0.15, -0.1) is 10.2 Å². The molecule has 0 bridgehead atoms. The van der Waals surface area contributed by atoms with E-state index in [9.17, 15) is 4.79 Å². The van der Waals surface area contributed by atoms with E-state index in [-0.39, 0.29) is 5.91 Å². The van der Waals surface area contributed by atoms with E-state index in [0.717, 1.165) is 35.3 Å². The van der Waals surface area contributed by atoms with Gasteiger partial charge in [-0.1, -0.05) is 68.1 Å². The molecule has 2 aromatic carbocycles. The number of amides is 1. The fourth-order valence-electron chi connectivity index (χ4n) is 2.95. The molecule has 0 radical (unpaired) electrons. The summed E-state index contributed by atoms with van der Waals surface area (Å²) in [6, 6.07) is 18.1. The number of nitrogens with zero attached hydrogens (tertiary/aromatic N) is 3. The predicted molar refractivity (Wildman–Crippen MR) is 118 cm³/mol. The number of hydrogen-bond donors (Lipinski definition) is 1. The second kappa shape index (κ2) is 10.3. The van der Waals surface area contributed by atoms with Crippen molar-refractivity contribution in [1.29, 1.82) is 0 Å². The molecule has 0 saturated heterocycles.